The summed E-state index contributed by atoms with van der Waals surface area (Å²) in [7, 11) is 0. The first-order chi connectivity index (χ1) is 36.0. The maximum atomic E-state index is 12.9. The topological polar surface area (TPSA) is 78.9 Å². The Morgan fingerprint density at radius 2 is 0.493 bits per heavy atom. The van der Waals surface area contributed by atoms with E-state index in [0.29, 0.717) is 19.3 Å². The summed E-state index contributed by atoms with van der Waals surface area (Å²) in [6.07, 6.45) is 81.2. The van der Waals surface area contributed by atoms with Gasteiger partial charge in [0.05, 0.1) is 0 Å². The van der Waals surface area contributed by atoms with Crippen LogP contribution in [0.4, 0.5) is 0 Å². The first kappa shape index (κ1) is 69.3. The van der Waals surface area contributed by atoms with Gasteiger partial charge in [-0.25, -0.2) is 0 Å². The normalized spacial score (nSPS) is 12.8. The Morgan fingerprint density at radius 3 is 0.849 bits per heavy atom. The lowest BCUT2D eigenvalue weighted by molar-refractivity contribution is -0.167. The highest BCUT2D eigenvalue weighted by atomic mass is 16.6. The second-order valence-electron chi connectivity index (χ2n) is 20.2. The van der Waals surface area contributed by atoms with Crippen molar-refractivity contribution in [2.75, 3.05) is 13.2 Å². The Balaban J connectivity index is 4.47. The van der Waals surface area contributed by atoms with Gasteiger partial charge in [0.25, 0.3) is 0 Å². The van der Waals surface area contributed by atoms with Crippen molar-refractivity contribution >= 4 is 17.9 Å². The highest BCUT2D eigenvalue weighted by Crippen LogP contribution is 2.15. The van der Waals surface area contributed by atoms with E-state index in [2.05, 4.69) is 118 Å². The van der Waals surface area contributed by atoms with Crippen molar-refractivity contribution in [2.24, 2.45) is 0 Å². The van der Waals surface area contributed by atoms with Gasteiger partial charge in [-0.15, -0.1) is 0 Å². The van der Waals surface area contributed by atoms with E-state index in [0.717, 1.165) is 96.3 Å². The van der Waals surface area contributed by atoms with Crippen LogP contribution < -0.4 is 0 Å². The second-order valence-corrected chi connectivity index (χ2v) is 20.2. The summed E-state index contributed by atoms with van der Waals surface area (Å²) in [6.45, 7) is 6.54. The molecule has 418 valence electrons. The van der Waals surface area contributed by atoms with Crippen molar-refractivity contribution < 1.29 is 28.6 Å². The van der Waals surface area contributed by atoms with Crippen LogP contribution >= 0.6 is 0 Å². The van der Waals surface area contributed by atoms with E-state index in [-0.39, 0.29) is 31.1 Å². The van der Waals surface area contributed by atoms with Crippen molar-refractivity contribution in [3.63, 3.8) is 0 Å². The van der Waals surface area contributed by atoms with Gasteiger partial charge in [0.2, 0.25) is 0 Å². The number of hydrogen-bond donors (Lipinski definition) is 0. The molecule has 0 saturated heterocycles. The molecule has 6 nitrogen and oxygen atoms in total. The SMILES string of the molecule is CCCCC/C=C\C/C=C\C/C=C\C/C=C\CCCCCC(=O)OC[C@H](COC(=O)CCCC/C=C\C/C=C\C/C=C\CCCCC)OC(=O)CCCCCCCCCCCCC/C=C\CCCCCCCC. The van der Waals surface area contributed by atoms with Gasteiger partial charge >= 0.3 is 17.9 Å². The summed E-state index contributed by atoms with van der Waals surface area (Å²) < 4.78 is 16.8. The molecule has 0 heterocycles. The molecule has 0 amide bonds. The van der Waals surface area contributed by atoms with Crippen molar-refractivity contribution in [2.45, 2.75) is 297 Å². The zero-order chi connectivity index (χ0) is 52.9. The minimum atomic E-state index is -0.809. The number of carbonyl (C=O) groups excluding carboxylic acids is 3. The lowest BCUT2D eigenvalue weighted by Gasteiger charge is -2.18. The maximum absolute atomic E-state index is 12.9. The van der Waals surface area contributed by atoms with Gasteiger partial charge < -0.3 is 14.2 Å². The van der Waals surface area contributed by atoms with Crippen molar-refractivity contribution in [3.8, 4) is 0 Å². The maximum Gasteiger partial charge on any atom is 0.306 e. The van der Waals surface area contributed by atoms with Crippen LogP contribution in [-0.2, 0) is 28.6 Å². The van der Waals surface area contributed by atoms with Crippen LogP contribution in [0.3, 0.4) is 0 Å². The Labute approximate surface area is 451 Å². The molecule has 73 heavy (non-hydrogen) atoms. The zero-order valence-electron chi connectivity index (χ0n) is 47.9. The predicted octanol–water partition coefficient (Wildman–Crippen LogP) is 20.9. The molecule has 6 heteroatoms. The summed E-state index contributed by atoms with van der Waals surface area (Å²) in [5.41, 5.74) is 0. The van der Waals surface area contributed by atoms with Crippen molar-refractivity contribution in [3.05, 3.63) is 97.2 Å². The average molecular weight is 1020 g/mol. The van der Waals surface area contributed by atoms with E-state index in [1.807, 2.05) is 0 Å². The van der Waals surface area contributed by atoms with Crippen LogP contribution in [0.1, 0.15) is 290 Å². The third kappa shape index (κ3) is 59.1. The fourth-order valence-corrected chi connectivity index (χ4v) is 8.37. The molecule has 0 spiro atoms. The van der Waals surface area contributed by atoms with Gasteiger partial charge in [-0.1, -0.05) is 240 Å². The highest BCUT2D eigenvalue weighted by molar-refractivity contribution is 5.71. The molecule has 0 aromatic rings. The van der Waals surface area contributed by atoms with Crippen LogP contribution in [0, 0.1) is 0 Å². The smallest absolute Gasteiger partial charge is 0.306 e. The zero-order valence-corrected chi connectivity index (χ0v) is 47.9. The number of unbranched alkanes of at least 4 members (excludes halogenated alkanes) is 28. The first-order valence-electron chi connectivity index (χ1n) is 30.7. The lowest BCUT2D eigenvalue weighted by atomic mass is 10.0. The van der Waals surface area contributed by atoms with Crippen LogP contribution in [0.25, 0.3) is 0 Å². The molecule has 0 rings (SSSR count). The molecule has 1 atom stereocenters. The van der Waals surface area contributed by atoms with Gasteiger partial charge in [-0.2, -0.15) is 0 Å². The van der Waals surface area contributed by atoms with Gasteiger partial charge in [0.1, 0.15) is 13.2 Å². The highest BCUT2D eigenvalue weighted by Gasteiger charge is 2.19. The fourth-order valence-electron chi connectivity index (χ4n) is 8.37. The standard InChI is InChI=1S/C67H114O6/c1-4-7-10-13-16-19-22-25-28-30-32-33-35-37-40-43-46-49-52-55-58-61-67(70)73-64(62-71-65(68)59-56-53-50-47-44-41-38-27-24-21-18-15-12-9-6-3)63-72-66(69)60-57-54-51-48-45-42-39-36-34-31-29-26-23-20-17-14-11-8-5-2/h17-18,20-21,25-29,34,36,38,42,44-45,47,64H,4-16,19,22-24,30-33,35,37,39-41,43,46,48-63H2,1-3H3/b20-17-,21-18-,28-25-,29-26-,36-34-,38-27-,45-42-,47-44-/t64-/m0/s1. The second kappa shape index (κ2) is 60.9. The van der Waals surface area contributed by atoms with E-state index in [4.69, 9.17) is 14.2 Å². The van der Waals surface area contributed by atoms with E-state index >= 15 is 0 Å². The molecule has 0 aromatic heterocycles. The molecular weight excluding hydrogens is 901 g/mol. The fraction of sp³-hybridized carbons (Fsp3) is 0.716. The number of allylic oxidation sites excluding steroid dienone is 16. The number of rotatable bonds is 55. The van der Waals surface area contributed by atoms with E-state index in [1.165, 1.54) is 154 Å². The Bertz CT molecular complexity index is 1440. The quantitative estimate of drug-likeness (QED) is 0.0261. The minimum absolute atomic E-state index is 0.106. The summed E-state index contributed by atoms with van der Waals surface area (Å²) >= 11 is 0. The molecule has 0 aromatic carbocycles. The van der Waals surface area contributed by atoms with Gasteiger partial charge in [0, 0.05) is 19.3 Å². The first-order valence-corrected chi connectivity index (χ1v) is 30.7. The third-order valence-electron chi connectivity index (χ3n) is 13.0. The Morgan fingerprint density at radius 1 is 0.274 bits per heavy atom. The van der Waals surface area contributed by atoms with Gasteiger partial charge in [-0.3, -0.25) is 14.4 Å². The van der Waals surface area contributed by atoms with Crippen molar-refractivity contribution in [1.29, 1.82) is 0 Å². The van der Waals surface area contributed by atoms with Crippen molar-refractivity contribution in [1.82, 2.24) is 0 Å². The summed E-state index contributed by atoms with van der Waals surface area (Å²) in [5.74, 6) is -0.967. The lowest BCUT2D eigenvalue weighted by Crippen LogP contribution is -2.30. The Hall–Kier alpha value is -3.67. The molecule has 0 aliphatic carbocycles. The molecule has 0 unspecified atom stereocenters. The number of carbonyl (C=O) groups is 3. The third-order valence-corrected chi connectivity index (χ3v) is 13.0. The molecule has 0 fully saturated rings. The Kier molecular flexibility index (Phi) is 57.8. The summed E-state index contributed by atoms with van der Waals surface area (Å²) in [4.78, 5) is 38.2. The molecule has 0 radical (unpaired) electrons. The summed E-state index contributed by atoms with van der Waals surface area (Å²) in [6, 6.07) is 0. The van der Waals surface area contributed by atoms with Gasteiger partial charge in [0.15, 0.2) is 6.10 Å². The molecular formula is C67H114O6. The predicted molar refractivity (Wildman–Crippen MR) is 316 cm³/mol. The van der Waals surface area contributed by atoms with Crippen LogP contribution in [0.5, 0.6) is 0 Å². The monoisotopic (exact) mass is 1010 g/mol. The summed E-state index contributed by atoms with van der Waals surface area (Å²) in [5, 5.41) is 0. The molecule has 0 N–H and O–H groups in total. The number of ether oxygens (including phenoxy) is 3. The van der Waals surface area contributed by atoms with E-state index in [9.17, 15) is 14.4 Å². The van der Waals surface area contributed by atoms with E-state index < -0.39 is 6.10 Å². The molecule has 0 bridgehead atoms. The average Bonchev–Trinajstić information content (AvgIpc) is 3.39. The largest absolute Gasteiger partial charge is 0.462 e. The van der Waals surface area contributed by atoms with Crippen LogP contribution in [0.2, 0.25) is 0 Å². The van der Waals surface area contributed by atoms with Crippen LogP contribution in [-0.4, -0.2) is 37.2 Å². The molecule has 0 saturated carbocycles. The van der Waals surface area contributed by atoms with Crippen LogP contribution in [0.15, 0.2) is 97.2 Å². The molecule has 0 aliphatic heterocycles. The minimum Gasteiger partial charge on any atom is -0.462 e. The molecule has 0 aliphatic rings. The van der Waals surface area contributed by atoms with Gasteiger partial charge in [-0.05, 0) is 128 Å². The number of hydrogen-bond acceptors (Lipinski definition) is 6. The van der Waals surface area contributed by atoms with E-state index in [1.54, 1.807) is 0 Å². The number of esters is 3.